The van der Waals surface area contributed by atoms with E-state index in [0.29, 0.717) is 0 Å². The normalized spacial score (nSPS) is 30.9. The van der Waals surface area contributed by atoms with E-state index in [9.17, 15) is 25.2 Å². The zero-order chi connectivity index (χ0) is 16.9. The number of hydrogen-bond acceptors (Lipinski definition) is 8. The fraction of sp³-hybridized carbons (Fsp3) is 0.462. The Bertz CT molecular complexity index is 773. The predicted molar refractivity (Wildman–Crippen MR) is 76.5 cm³/mol. The fourth-order valence-electron chi connectivity index (χ4n) is 2.84. The predicted octanol–water partition coefficient (Wildman–Crippen LogP) is -1.29. The molecule has 1 aliphatic rings. The molecule has 2 aromatic rings. The molecule has 124 valence electrons. The number of aromatic carboxylic acids is 1. The van der Waals surface area contributed by atoms with Gasteiger partial charge in [-0.25, -0.2) is 14.8 Å². The van der Waals surface area contributed by atoms with Crippen LogP contribution in [0.1, 0.15) is 23.5 Å². The number of nitrogen functional groups attached to an aromatic ring is 1. The van der Waals surface area contributed by atoms with Crippen molar-refractivity contribution in [3.8, 4) is 0 Å². The van der Waals surface area contributed by atoms with Gasteiger partial charge in [0.05, 0.1) is 17.6 Å². The molecular formula is C13H16N4O6. The highest BCUT2D eigenvalue weighted by Crippen LogP contribution is 2.40. The van der Waals surface area contributed by atoms with Gasteiger partial charge in [-0.1, -0.05) is 0 Å². The molecule has 0 aliphatic carbocycles. The van der Waals surface area contributed by atoms with E-state index in [4.69, 9.17) is 10.5 Å². The molecule has 0 spiro atoms. The Balaban J connectivity index is 2.21. The first-order chi connectivity index (χ1) is 10.8. The van der Waals surface area contributed by atoms with E-state index < -0.39 is 36.6 Å². The lowest BCUT2D eigenvalue weighted by atomic mass is 9.96. The first-order valence-electron chi connectivity index (χ1n) is 6.80. The second kappa shape index (κ2) is 5.13. The standard InChI is InChI=1S/C13H16N4O6/c1-13(22)8(19)6(3-18)23-12(13)17-2-5(11(20)21)7-9(14)15-4-16-10(7)17/h2,4,6,8,12,18-19,22H,3H2,1H3,(H,20,21)(H2,14,15,16). The molecule has 3 rings (SSSR count). The van der Waals surface area contributed by atoms with Gasteiger partial charge in [0.25, 0.3) is 0 Å². The fourth-order valence-corrected chi connectivity index (χ4v) is 2.84. The largest absolute Gasteiger partial charge is 0.478 e. The molecule has 0 bridgehead atoms. The van der Waals surface area contributed by atoms with E-state index in [-0.39, 0.29) is 22.4 Å². The molecule has 23 heavy (non-hydrogen) atoms. The summed E-state index contributed by atoms with van der Waals surface area (Å²) in [5.41, 5.74) is 3.96. The monoisotopic (exact) mass is 324 g/mol. The molecule has 6 N–H and O–H groups in total. The average molecular weight is 324 g/mol. The molecule has 2 aromatic heterocycles. The summed E-state index contributed by atoms with van der Waals surface area (Å²) in [6.07, 6.45) is -1.16. The van der Waals surface area contributed by atoms with E-state index in [1.165, 1.54) is 17.7 Å². The molecule has 0 radical (unpaired) electrons. The number of hydrogen-bond donors (Lipinski definition) is 5. The summed E-state index contributed by atoms with van der Waals surface area (Å²) in [6.45, 7) is 0.824. The van der Waals surface area contributed by atoms with Crippen LogP contribution in [-0.2, 0) is 4.74 Å². The number of rotatable bonds is 3. The van der Waals surface area contributed by atoms with Crippen molar-refractivity contribution in [2.24, 2.45) is 0 Å². The molecule has 0 aromatic carbocycles. The Morgan fingerprint density at radius 1 is 1.52 bits per heavy atom. The number of aliphatic hydroxyl groups is 3. The maximum absolute atomic E-state index is 11.4. The van der Waals surface area contributed by atoms with Gasteiger partial charge < -0.3 is 35.5 Å². The number of fused-ring (bicyclic) bond motifs is 1. The van der Waals surface area contributed by atoms with Crippen LogP contribution in [0.4, 0.5) is 5.82 Å². The number of carboxylic acids is 1. The minimum Gasteiger partial charge on any atom is -0.478 e. The molecule has 10 heteroatoms. The maximum Gasteiger partial charge on any atom is 0.338 e. The molecule has 4 atom stereocenters. The first-order valence-corrected chi connectivity index (χ1v) is 6.80. The molecule has 0 saturated carbocycles. The van der Waals surface area contributed by atoms with E-state index in [2.05, 4.69) is 9.97 Å². The maximum atomic E-state index is 11.4. The number of nitrogens with two attached hydrogens (primary N) is 1. The summed E-state index contributed by atoms with van der Waals surface area (Å²) in [5.74, 6) is -1.27. The van der Waals surface area contributed by atoms with Crippen LogP contribution in [0.5, 0.6) is 0 Å². The SMILES string of the molecule is CC1(O)C(O)C(CO)OC1n1cc(C(=O)O)c2c(N)ncnc21. The van der Waals surface area contributed by atoms with Gasteiger partial charge in [-0.2, -0.15) is 0 Å². The summed E-state index contributed by atoms with van der Waals surface area (Å²) < 4.78 is 6.76. The van der Waals surface area contributed by atoms with Gasteiger partial charge in [0.2, 0.25) is 0 Å². The lowest BCUT2D eigenvalue weighted by Crippen LogP contribution is -2.44. The second-order valence-electron chi connectivity index (χ2n) is 5.59. The van der Waals surface area contributed by atoms with E-state index >= 15 is 0 Å². The summed E-state index contributed by atoms with van der Waals surface area (Å²) in [5, 5.41) is 39.3. The van der Waals surface area contributed by atoms with Crippen LogP contribution in [0.3, 0.4) is 0 Å². The van der Waals surface area contributed by atoms with Crippen molar-refractivity contribution in [1.82, 2.24) is 14.5 Å². The quantitative estimate of drug-likeness (QED) is 0.462. The van der Waals surface area contributed by atoms with Crippen molar-refractivity contribution < 1.29 is 30.0 Å². The van der Waals surface area contributed by atoms with Crippen LogP contribution in [0.15, 0.2) is 12.5 Å². The van der Waals surface area contributed by atoms with Crippen LogP contribution in [0, 0.1) is 0 Å². The molecule has 1 saturated heterocycles. The molecule has 4 unspecified atom stereocenters. The van der Waals surface area contributed by atoms with Crippen LogP contribution in [0.25, 0.3) is 11.0 Å². The molecule has 10 nitrogen and oxygen atoms in total. The summed E-state index contributed by atoms with van der Waals surface area (Å²) >= 11 is 0. The number of ether oxygens (including phenoxy) is 1. The topological polar surface area (TPSA) is 164 Å². The smallest absolute Gasteiger partial charge is 0.338 e. The van der Waals surface area contributed by atoms with Gasteiger partial charge in [-0.3, -0.25) is 0 Å². The Morgan fingerprint density at radius 3 is 2.78 bits per heavy atom. The number of aromatic nitrogens is 3. The van der Waals surface area contributed by atoms with Crippen molar-refractivity contribution in [3.05, 3.63) is 18.1 Å². The molecular weight excluding hydrogens is 308 g/mol. The number of carbonyl (C=O) groups is 1. The van der Waals surface area contributed by atoms with E-state index in [1.807, 2.05) is 0 Å². The van der Waals surface area contributed by atoms with Crippen LogP contribution < -0.4 is 5.73 Å². The van der Waals surface area contributed by atoms with Gasteiger partial charge in [-0.15, -0.1) is 0 Å². The number of anilines is 1. The number of nitrogens with zero attached hydrogens (tertiary/aromatic N) is 3. The highest BCUT2D eigenvalue weighted by Gasteiger charge is 2.53. The minimum absolute atomic E-state index is 0.0250. The first kappa shape index (κ1) is 15.6. The van der Waals surface area contributed by atoms with E-state index in [0.717, 1.165) is 6.33 Å². The Morgan fingerprint density at radius 2 is 2.22 bits per heavy atom. The highest BCUT2D eigenvalue weighted by molar-refractivity contribution is 6.06. The van der Waals surface area contributed by atoms with E-state index in [1.54, 1.807) is 0 Å². The zero-order valence-corrected chi connectivity index (χ0v) is 12.1. The second-order valence-corrected chi connectivity index (χ2v) is 5.59. The third-order valence-electron chi connectivity index (χ3n) is 4.06. The third kappa shape index (κ3) is 2.15. The Hall–Kier alpha value is -2.27. The van der Waals surface area contributed by atoms with Crippen LogP contribution in [0.2, 0.25) is 0 Å². The minimum atomic E-state index is -1.77. The Kier molecular flexibility index (Phi) is 3.48. The number of aliphatic hydroxyl groups excluding tert-OH is 2. The molecule has 1 fully saturated rings. The van der Waals surface area contributed by atoms with Crippen molar-refractivity contribution >= 4 is 22.8 Å². The summed E-state index contributed by atoms with van der Waals surface area (Å²) in [4.78, 5) is 19.2. The van der Waals surface area contributed by atoms with Gasteiger partial charge in [0, 0.05) is 6.20 Å². The Labute approximate surface area is 129 Å². The van der Waals surface area contributed by atoms with Gasteiger partial charge in [0.1, 0.15) is 35.6 Å². The van der Waals surface area contributed by atoms with Crippen LogP contribution in [-0.4, -0.2) is 65.3 Å². The van der Waals surface area contributed by atoms with Gasteiger partial charge in [0.15, 0.2) is 6.23 Å². The summed E-state index contributed by atoms with van der Waals surface area (Å²) in [6, 6.07) is 0. The van der Waals surface area contributed by atoms with Gasteiger partial charge >= 0.3 is 5.97 Å². The highest BCUT2D eigenvalue weighted by atomic mass is 16.6. The summed E-state index contributed by atoms with van der Waals surface area (Å²) in [7, 11) is 0. The zero-order valence-electron chi connectivity index (χ0n) is 12.1. The third-order valence-corrected chi connectivity index (χ3v) is 4.06. The lowest BCUT2D eigenvalue weighted by molar-refractivity contribution is -0.0948. The average Bonchev–Trinajstić information content (AvgIpc) is 2.97. The van der Waals surface area contributed by atoms with Crippen molar-refractivity contribution in [2.75, 3.05) is 12.3 Å². The van der Waals surface area contributed by atoms with Crippen molar-refractivity contribution in [2.45, 2.75) is 31.0 Å². The van der Waals surface area contributed by atoms with Crippen LogP contribution >= 0.6 is 0 Å². The molecule has 3 heterocycles. The molecule has 0 amide bonds. The molecule has 1 aliphatic heterocycles. The van der Waals surface area contributed by atoms with Crippen molar-refractivity contribution in [1.29, 1.82) is 0 Å². The van der Waals surface area contributed by atoms with Gasteiger partial charge in [-0.05, 0) is 6.92 Å². The number of carboxylic acid groups (broad SMARTS) is 1. The van der Waals surface area contributed by atoms with Crippen molar-refractivity contribution in [3.63, 3.8) is 0 Å². The lowest BCUT2D eigenvalue weighted by Gasteiger charge is -2.27.